The number of urea groups is 1. The molecule has 5 aromatic rings. The van der Waals surface area contributed by atoms with E-state index in [1.54, 1.807) is 48.0 Å². The molecule has 39 heavy (non-hydrogen) atoms. The predicted molar refractivity (Wildman–Crippen MR) is 144 cm³/mol. The van der Waals surface area contributed by atoms with E-state index >= 15 is 0 Å². The molecular weight excluding hydrogens is 576 g/mol. The van der Waals surface area contributed by atoms with Gasteiger partial charge in [0.05, 0.1) is 21.2 Å². The second-order valence-corrected chi connectivity index (χ2v) is 9.51. The molecule has 2 heterocycles. The number of anilines is 2. The molecule has 0 saturated heterocycles. The SMILES string of the molecule is O=C(Nc1ccc(-c2ncn(-c3ccc(OC(F)(F)F)cc3)n2)cc1)Nc1scnc1-c1c(Cl)cccc1Cl. The van der Waals surface area contributed by atoms with Gasteiger partial charge in [0, 0.05) is 16.8 Å². The van der Waals surface area contributed by atoms with E-state index in [-0.39, 0.29) is 5.75 Å². The molecule has 14 heteroatoms. The molecule has 3 aromatic carbocycles. The van der Waals surface area contributed by atoms with Crippen LogP contribution in [0.5, 0.6) is 5.75 Å². The number of carbonyl (C=O) groups is 1. The summed E-state index contributed by atoms with van der Waals surface area (Å²) in [7, 11) is 0. The van der Waals surface area contributed by atoms with Gasteiger partial charge < -0.3 is 10.1 Å². The molecule has 0 saturated carbocycles. The zero-order chi connectivity index (χ0) is 27.6. The Hall–Kier alpha value is -4.13. The lowest BCUT2D eigenvalue weighted by molar-refractivity contribution is -0.274. The molecule has 0 radical (unpaired) electrons. The third-order valence-electron chi connectivity index (χ3n) is 5.22. The highest BCUT2D eigenvalue weighted by Gasteiger charge is 2.31. The summed E-state index contributed by atoms with van der Waals surface area (Å²) in [6.07, 6.45) is -3.33. The molecule has 198 valence electrons. The van der Waals surface area contributed by atoms with Gasteiger partial charge in [0.15, 0.2) is 5.82 Å². The number of carbonyl (C=O) groups excluding carboxylic acids is 1. The number of hydrogen-bond donors (Lipinski definition) is 2. The van der Waals surface area contributed by atoms with Crippen molar-refractivity contribution >= 4 is 51.3 Å². The Morgan fingerprint density at radius 2 is 1.62 bits per heavy atom. The number of halogens is 5. The Bertz CT molecular complexity index is 1600. The monoisotopic (exact) mass is 590 g/mol. The Morgan fingerprint density at radius 1 is 0.923 bits per heavy atom. The largest absolute Gasteiger partial charge is 0.573 e. The van der Waals surface area contributed by atoms with E-state index in [2.05, 4.69) is 30.4 Å². The third kappa shape index (κ3) is 6.30. The van der Waals surface area contributed by atoms with Gasteiger partial charge in [0.2, 0.25) is 0 Å². The molecule has 0 atom stereocenters. The number of nitrogens with one attached hydrogen (secondary N) is 2. The molecule has 0 aliphatic carbocycles. The van der Waals surface area contributed by atoms with Gasteiger partial charge in [-0.2, -0.15) is 0 Å². The normalized spacial score (nSPS) is 11.3. The number of nitrogens with zero attached hydrogens (tertiary/aromatic N) is 4. The standard InChI is InChI=1S/C25H15Cl2F3N6O2S/c26-18-2-1-3-19(27)20(18)21-23(39-13-32-21)34-24(37)33-15-6-4-14(5-7-15)22-31-12-36(35-22)16-8-10-17(11-9-16)38-25(28,29)30/h1-13H,(H2,33,34,37). The van der Waals surface area contributed by atoms with Crippen molar-refractivity contribution in [3.8, 4) is 34.1 Å². The van der Waals surface area contributed by atoms with Crippen LogP contribution in [-0.2, 0) is 0 Å². The molecule has 0 bridgehead atoms. The number of alkyl halides is 3. The molecule has 0 spiro atoms. The highest BCUT2D eigenvalue weighted by atomic mass is 35.5. The van der Waals surface area contributed by atoms with Crippen molar-refractivity contribution in [1.29, 1.82) is 0 Å². The topological polar surface area (TPSA) is 94.0 Å². The molecule has 2 N–H and O–H groups in total. The summed E-state index contributed by atoms with van der Waals surface area (Å²) in [6, 6.07) is 16.6. The zero-order valence-corrected chi connectivity index (χ0v) is 21.7. The van der Waals surface area contributed by atoms with Crippen LogP contribution in [0, 0.1) is 0 Å². The van der Waals surface area contributed by atoms with Crippen molar-refractivity contribution in [2.24, 2.45) is 0 Å². The lowest BCUT2D eigenvalue weighted by Crippen LogP contribution is -2.19. The predicted octanol–water partition coefficient (Wildman–Crippen LogP) is 7.91. The second kappa shape index (κ2) is 10.9. The summed E-state index contributed by atoms with van der Waals surface area (Å²) >= 11 is 13.8. The van der Waals surface area contributed by atoms with E-state index < -0.39 is 12.4 Å². The quantitative estimate of drug-likeness (QED) is 0.209. The van der Waals surface area contributed by atoms with Crippen LogP contribution >= 0.6 is 34.5 Å². The Morgan fingerprint density at radius 3 is 2.28 bits per heavy atom. The second-order valence-electron chi connectivity index (χ2n) is 7.84. The van der Waals surface area contributed by atoms with Crippen molar-refractivity contribution in [3.63, 3.8) is 0 Å². The number of thiazole rings is 1. The highest BCUT2D eigenvalue weighted by molar-refractivity contribution is 7.14. The van der Waals surface area contributed by atoms with Gasteiger partial charge in [-0.3, -0.25) is 5.32 Å². The van der Waals surface area contributed by atoms with E-state index in [9.17, 15) is 18.0 Å². The minimum Gasteiger partial charge on any atom is -0.406 e. The highest BCUT2D eigenvalue weighted by Crippen LogP contribution is 2.39. The molecule has 0 fully saturated rings. The van der Waals surface area contributed by atoms with Crippen molar-refractivity contribution in [1.82, 2.24) is 19.7 Å². The maximum absolute atomic E-state index is 12.6. The minimum absolute atomic E-state index is 0.335. The summed E-state index contributed by atoms with van der Waals surface area (Å²) in [5.41, 5.74) is 4.24. The first-order chi connectivity index (χ1) is 18.7. The van der Waals surface area contributed by atoms with Crippen molar-refractivity contribution in [2.45, 2.75) is 6.36 Å². The first kappa shape index (κ1) is 26.5. The van der Waals surface area contributed by atoms with Crippen LogP contribution in [0.1, 0.15) is 0 Å². The molecule has 2 aromatic heterocycles. The fourth-order valence-corrected chi connectivity index (χ4v) is 4.78. The molecule has 5 rings (SSSR count). The van der Waals surface area contributed by atoms with Crippen LogP contribution in [0.4, 0.5) is 28.7 Å². The molecule has 2 amide bonds. The van der Waals surface area contributed by atoms with Crippen LogP contribution in [0.15, 0.2) is 78.6 Å². The number of benzene rings is 3. The molecule has 0 aliphatic heterocycles. The van der Waals surface area contributed by atoms with Crippen LogP contribution in [-0.4, -0.2) is 32.1 Å². The first-order valence-electron chi connectivity index (χ1n) is 11.0. The number of rotatable bonds is 6. The average molecular weight is 591 g/mol. The van der Waals surface area contributed by atoms with Gasteiger partial charge in [-0.1, -0.05) is 29.3 Å². The van der Waals surface area contributed by atoms with Crippen molar-refractivity contribution in [2.75, 3.05) is 10.6 Å². The lowest BCUT2D eigenvalue weighted by Gasteiger charge is -2.10. The molecule has 8 nitrogen and oxygen atoms in total. The smallest absolute Gasteiger partial charge is 0.406 e. The van der Waals surface area contributed by atoms with Crippen LogP contribution in [0.2, 0.25) is 10.0 Å². The van der Waals surface area contributed by atoms with Crippen molar-refractivity contribution < 1.29 is 22.7 Å². The molecule has 0 unspecified atom stereocenters. The van der Waals surface area contributed by atoms with Gasteiger partial charge in [-0.25, -0.2) is 19.4 Å². The maximum Gasteiger partial charge on any atom is 0.573 e. The van der Waals surface area contributed by atoms with Crippen LogP contribution < -0.4 is 15.4 Å². The first-order valence-corrected chi connectivity index (χ1v) is 12.6. The van der Waals surface area contributed by atoms with Gasteiger partial charge >= 0.3 is 12.4 Å². The molecular formula is C25H15Cl2F3N6O2S. The fourth-order valence-electron chi connectivity index (χ4n) is 3.53. The fraction of sp³-hybridized carbons (Fsp3) is 0.0400. The zero-order valence-electron chi connectivity index (χ0n) is 19.4. The van der Waals surface area contributed by atoms with Crippen molar-refractivity contribution in [3.05, 3.63) is 88.6 Å². The number of amides is 2. The summed E-state index contributed by atoms with van der Waals surface area (Å²) < 4.78 is 42.4. The number of ether oxygens (including phenoxy) is 1. The van der Waals surface area contributed by atoms with E-state index in [1.165, 1.54) is 46.6 Å². The van der Waals surface area contributed by atoms with Gasteiger partial charge in [0.1, 0.15) is 22.8 Å². The number of hydrogen-bond acceptors (Lipinski definition) is 6. The Labute approximate surface area is 233 Å². The van der Waals surface area contributed by atoms with E-state index in [4.69, 9.17) is 23.2 Å². The Kier molecular flexibility index (Phi) is 7.42. The molecule has 0 aliphatic rings. The Balaban J connectivity index is 1.24. The summed E-state index contributed by atoms with van der Waals surface area (Å²) in [5, 5.41) is 11.2. The van der Waals surface area contributed by atoms with Gasteiger partial charge in [-0.15, -0.1) is 29.6 Å². The summed E-state index contributed by atoms with van der Waals surface area (Å²) in [6.45, 7) is 0. The van der Waals surface area contributed by atoms with Gasteiger partial charge in [-0.05, 0) is 60.7 Å². The number of aromatic nitrogens is 4. The summed E-state index contributed by atoms with van der Waals surface area (Å²) in [5.74, 6) is 0.0467. The minimum atomic E-state index is -4.77. The lowest BCUT2D eigenvalue weighted by atomic mass is 10.1. The average Bonchev–Trinajstić information content (AvgIpc) is 3.54. The van der Waals surface area contributed by atoms with E-state index in [0.717, 1.165) is 0 Å². The van der Waals surface area contributed by atoms with E-state index in [0.29, 0.717) is 49.1 Å². The third-order valence-corrected chi connectivity index (χ3v) is 6.59. The van der Waals surface area contributed by atoms with Crippen LogP contribution in [0.25, 0.3) is 28.3 Å². The van der Waals surface area contributed by atoms with Gasteiger partial charge in [0.25, 0.3) is 0 Å². The van der Waals surface area contributed by atoms with E-state index in [1.807, 2.05) is 0 Å². The van der Waals surface area contributed by atoms with Crippen LogP contribution in [0.3, 0.4) is 0 Å². The maximum atomic E-state index is 12.6. The summed E-state index contributed by atoms with van der Waals surface area (Å²) in [4.78, 5) is 21.2.